The predicted octanol–water partition coefficient (Wildman–Crippen LogP) is 4.19. The van der Waals surface area contributed by atoms with Crippen molar-refractivity contribution in [3.05, 3.63) is 89.5 Å². The Kier molecular flexibility index (Phi) is 6.95. The van der Waals surface area contributed by atoms with Gasteiger partial charge < -0.3 is 10.6 Å². The van der Waals surface area contributed by atoms with Crippen molar-refractivity contribution in [1.29, 1.82) is 0 Å². The third-order valence-corrected chi connectivity index (χ3v) is 5.97. The molecule has 0 aliphatic carbocycles. The van der Waals surface area contributed by atoms with Crippen molar-refractivity contribution >= 4 is 33.2 Å². The van der Waals surface area contributed by atoms with E-state index >= 15 is 0 Å². The van der Waals surface area contributed by atoms with Crippen LogP contribution in [0.3, 0.4) is 0 Å². The number of carbonyl (C=O) groups excluding carboxylic acids is 2. The molecule has 3 aromatic carbocycles. The Morgan fingerprint density at radius 3 is 2.06 bits per heavy atom. The van der Waals surface area contributed by atoms with Crippen LogP contribution < -0.4 is 15.4 Å². The average Bonchev–Trinajstić information content (AvgIpc) is 2.74. The van der Waals surface area contributed by atoms with E-state index in [1.165, 1.54) is 36.4 Å². The zero-order valence-electron chi connectivity index (χ0n) is 18.0. The summed E-state index contributed by atoms with van der Waals surface area (Å²) in [7, 11) is -3.73. The van der Waals surface area contributed by atoms with Gasteiger partial charge in [0.2, 0.25) is 0 Å². The first-order valence-corrected chi connectivity index (χ1v) is 11.5. The maximum absolute atomic E-state index is 12.7. The van der Waals surface area contributed by atoms with Gasteiger partial charge in [-0.1, -0.05) is 29.8 Å². The Balaban J connectivity index is 1.72. The molecule has 0 bridgehead atoms. The molecular formula is C24H25N3O4S. The Hall–Kier alpha value is -3.65. The van der Waals surface area contributed by atoms with Gasteiger partial charge in [-0.15, -0.1) is 0 Å². The van der Waals surface area contributed by atoms with Crippen molar-refractivity contribution in [2.45, 2.75) is 31.7 Å². The minimum absolute atomic E-state index is 0.0394. The molecule has 8 heteroatoms. The normalized spacial score (nSPS) is 11.1. The lowest BCUT2D eigenvalue weighted by Gasteiger charge is -2.13. The molecule has 32 heavy (non-hydrogen) atoms. The SMILES string of the molecule is Cc1ccc(S(=O)(=O)Nc2ccc(C(=O)Nc3ccccc3C(=O)NC(C)C)cc2)cc1. The van der Waals surface area contributed by atoms with E-state index in [-0.39, 0.29) is 16.8 Å². The first-order chi connectivity index (χ1) is 15.2. The molecule has 0 aliphatic heterocycles. The molecule has 0 spiro atoms. The van der Waals surface area contributed by atoms with Crippen LogP contribution in [0.1, 0.15) is 40.1 Å². The number of anilines is 2. The van der Waals surface area contributed by atoms with Crippen LogP contribution in [0.25, 0.3) is 0 Å². The number of benzene rings is 3. The van der Waals surface area contributed by atoms with Crippen LogP contribution in [0.4, 0.5) is 11.4 Å². The van der Waals surface area contributed by atoms with Gasteiger partial charge in [0.1, 0.15) is 0 Å². The largest absolute Gasteiger partial charge is 0.350 e. The van der Waals surface area contributed by atoms with Crippen molar-refractivity contribution in [3.63, 3.8) is 0 Å². The first kappa shape index (κ1) is 23.0. The molecule has 0 aliphatic rings. The number of rotatable bonds is 7. The third kappa shape index (κ3) is 5.73. The van der Waals surface area contributed by atoms with Gasteiger partial charge in [-0.25, -0.2) is 8.42 Å². The van der Waals surface area contributed by atoms with Gasteiger partial charge in [-0.05, 0) is 69.3 Å². The summed E-state index contributed by atoms with van der Waals surface area (Å²) in [6.45, 7) is 5.59. The smallest absolute Gasteiger partial charge is 0.261 e. The fourth-order valence-electron chi connectivity index (χ4n) is 2.95. The first-order valence-electron chi connectivity index (χ1n) is 10.1. The summed E-state index contributed by atoms with van der Waals surface area (Å²) in [4.78, 5) is 25.2. The fourth-order valence-corrected chi connectivity index (χ4v) is 4.00. The summed E-state index contributed by atoms with van der Waals surface area (Å²) < 4.78 is 27.5. The van der Waals surface area contributed by atoms with Crippen LogP contribution in [0.5, 0.6) is 0 Å². The highest BCUT2D eigenvalue weighted by atomic mass is 32.2. The van der Waals surface area contributed by atoms with E-state index in [1.54, 1.807) is 36.4 Å². The molecule has 0 saturated heterocycles. The molecule has 3 rings (SSSR count). The van der Waals surface area contributed by atoms with Gasteiger partial charge in [-0.3, -0.25) is 14.3 Å². The molecule has 2 amide bonds. The third-order valence-electron chi connectivity index (χ3n) is 4.57. The topological polar surface area (TPSA) is 104 Å². The Bertz CT molecular complexity index is 1220. The lowest BCUT2D eigenvalue weighted by molar-refractivity contribution is 0.0944. The van der Waals surface area contributed by atoms with E-state index < -0.39 is 15.9 Å². The summed E-state index contributed by atoms with van der Waals surface area (Å²) >= 11 is 0. The molecule has 0 radical (unpaired) electrons. The summed E-state index contributed by atoms with van der Waals surface area (Å²) in [5.41, 5.74) is 2.36. The summed E-state index contributed by atoms with van der Waals surface area (Å²) in [6, 6.07) is 19.3. The van der Waals surface area contributed by atoms with Gasteiger partial charge in [0, 0.05) is 17.3 Å². The zero-order chi connectivity index (χ0) is 23.3. The Morgan fingerprint density at radius 2 is 1.44 bits per heavy atom. The number of hydrogen-bond donors (Lipinski definition) is 3. The molecule has 0 unspecified atom stereocenters. The maximum atomic E-state index is 12.7. The second-order valence-electron chi connectivity index (χ2n) is 7.62. The summed E-state index contributed by atoms with van der Waals surface area (Å²) in [5, 5.41) is 5.54. The average molecular weight is 452 g/mol. The van der Waals surface area contributed by atoms with Gasteiger partial charge >= 0.3 is 0 Å². The molecule has 7 nitrogen and oxygen atoms in total. The molecule has 166 valence electrons. The lowest BCUT2D eigenvalue weighted by atomic mass is 10.1. The standard InChI is InChI=1S/C24H25N3O4S/c1-16(2)25-24(29)21-6-4-5-7-22(21)26-23(28)18-10-12-19(13-11-18)27-32(30,31)20-14-8-17(3)9-15-20/h4-16,27H,1-3H3,(H,25,29)(H,26,28). The van der Waals surface area contributed by atoms with Crippen LogP contribution in [0.2, 0.25) is 0 Å². The second kappa shape index (κ2) is 9.65. The molecule has 0 aromatic heterocycles. The highest BCUT2D eigenvalue weighted by Gasteiger charge is 2.16. The number of carbonyl (C=O) groups is 2. The number of amides is 2. The fraction of sp³-hybridized carbons (Fsp3) is 0.167. The van der Waals surface area contributed by atoms with E-state index in [9.17, 15) is 18.0 Å². The van der Waals surface area contributed by atoms with E-state index in [0.717, 1.165) is 5.56 Å². The minimum Gasteiger partial charge on any atom is -0.350 e. The minimum atomic E-state index is -3.73. The van der Waals surface area contributed by atoms with Crippen LogP contribution in [-0.2, 0) is 10.0 Å². The predicted molar refractivity (Wildman–Crippen MR) is 125 cm³/mol. The maximum Gasteiger partial charge on any atom is 0.261 e. The summed E-state index contributed by atoms with van der Waals surface area (Å²) in [5.74, 6) is -0.695. The molecule has 0 fully saturated rings. The Labute approximate surface area is 187 Å². The molecular weight excluding hydrogens is 426 g/mol. The van der Waals surface area contributed by atoms with E-state index in [1.807, 2.05) is 20.8 Å². The monoisotopic (exact) mass is 451 g/mol. The number of para-hydroxylation sites is 1. The zero-order valence-corrected chi connectivity index (χ0v) is 18.9. The van der Waals surface area contributed by atoms with E-state index in [0.29, 0.717) is 22.5 Å². The van der Waals surface area contributed by atoms with Gasteiger partial charge in [0.15, 0.2) is 0 Å². The highest BCUT2D eigenvalue weighted by molar-refractivity contribution is 7.92. The second-order valence-corrected chi connectivity index (χ2v) is 9.31. The van der Waals surface area contributed by atoms with Gasteiger partial charge in [0.05, 0.1) is 16.1 Å². The van der Waals surface area contributed by atoms with E-state index in [4.69, 9.17) is 0 Å². The van der Waals surface area contributed by atoms with Crippen LogP contribution in [0.15, 0.2) is 77.7 Å². The Morgan fingerprint density at radius 1 is 0.812 bits per heavy atom. The molecule has 3 aromatic rings. The number of hydrogen-bond acceptors (Lipinski definition) is 4. The van der Waals surface area contributed by atoms with Crippen molar-refractivity contribution < 1.29 is 18.0 Å². The number of sulfonamides is 1. The van der Waals surface area contributed by atoms with Crippen LogP contribution >= 0.6 is 0 Å². The van der Waals surface area contributed by atoms with Crippen molar-refractivity contribution in [1.82, 2.24) is 5.32 Å². The van der Waals surface area contributed by atoms with Gasteiger partial charge in [-0.2, -0.15) is 0 Å². The van der Waals surface area contributed by atoms with Crippen molar-refractivity contribution in [2.24, 2.45) is 0 Å². The quantitative estimate of drug-likeness (QED) is 0.501. The van der Waals surface area contributed by atoms with Gasteiger partial charge in [0.25, 0.3) is 21.8 Å². The lowest BCUT2D eigenvalue weighted by Crippen LogP contribution is -2.31. The molecule has 0 heterocycles. The number of aryl methyl sites for hydroxylation is 1. The molecule has 0 atom stereocenters. The van der Waals surface area contributed by atoms with Crippen molar-refractivity contribution in [2.75, 3.05) is 10.0 Å². The van der Waals surface area contributed by atoms with E-state index in [2.05, 4.69) is 15.4 Å². The molecule has 3 N–H and O–H groups in total. The summed E-state index contributed by atoms with van der Waals surface area (Å²) in [6.07, 6.45) is 0. The van der Waals surface area contributed by atoms with Crippen LogP contribution in [-0.4, -0.2) is 26.3 Å². The van der Waals surface area contributed by atoms with Crippen LogP contribution in [0, 0.1) is 6.92 Å². The number of nitrogens with one attached hydrogen (secondary N) is 3. The molecule has 0 saturated carbocycles. The highest BCUT2D eigenvalue weighted by Crippen LogP contribution is 2.19. The van der Waals surface area contributed by atoms with Crippen molar-refractivity contribution in [3.8, 4) is 0 Å².